The highest BCUT2D eigenvalue weighted by Gasteiger charge is 2.14. The molecule has 3 aromatic rings. The Morgan fingerprint density at radius 3 is 2.46 bits per heavy atom. The number of hydrogen-bond acceptors (Lipinski definition) is 4. The van der Waals surface area contributed by atoms with E-state index in [0.717, 1.165) is 5.56 Å². The highest BCUT2D eigenvalue weighted by atomic mass is 35.5. The molecule has 2 N–H and O–H groups in total. The third-order valence-corrected chi connectivity index (χ3v) is 5.12. The van der Waals surface area contributed by atoms with Gasteiger partial charge in [-0.05, 0) is 48.0 Å². The van der Waals surface area contributed by atoms with Gasteiger partial charge in [-0.3, -0.25) is 4.72 Å². The molecule has 0 bridgehead atoms. The second-order valence-electron chi connectivity index (χ2n) is 5.48. The minimum Gasteiger partial charge on any atom is -0.366 e. The van der Waals surface area contributed by atoms with Crippen LogP contribution in [0.3, 0.4) is 0 Å². The molecule has 0 saturated heterocycles. The van der Waals surface area contributed by atoms with E-state index >= 15 is 0 Å². The first-order chi connectivity index (χ1) is 12.4. The molecule has 0 saturated carbocycles. The zero-order valence-electron chi connectivity index (χ0n) is 13.5. The van der Waals surface area contributed by atoms with Crippen molar-refractivity contribution in [1.29, 1.82) is 0 Å². The lowest BCUT2D eigenvalue weighted by atomic mass is 10.2. The van der Waals surface area contributed by atoms with Crippen molar-refractivity contribution in [3.8, 4) is 0 Å². The molecule has 1 aromatic heterocycles. The number of nitrogens with one attached hydrogen (secondary N) is 2. The minimum atomic E-state index is -3.74. The Labute approximate surface area is 155 Å². The summed E-state index contributed by atoms with van der Waals surface area (Å²) in [7, 11) is -3.74. The van der Waals surface area contributed by atoms with Gasteiger partial charge in [0.15, 0.2) is 0 Å². The summed E-state index contributed by atoms with van der Waals surface area (Å²) in [5, 5.41) is 3.42. The van der Waals surface area contributed by atoms with E-state index in [9.17, 15) is 12.8 Å². The largest absolute Gasteiger partial charge is 0.366 e. The summed E-state index contributed by atoms with van der Waals surface area (Å²) in [6.07, 6.45) is 1.41. The van der Waals surface area contributed by atoms with Crippen molar-refractivity contribution in [3.05, 3.63) is 83.3 Å². The van der Waals surface area contributed by atoms with E-state index in [1.807, 2.05) is 0 Å². The maximum absolute atomic E-state index is 12.9. The summed E-state index contributed by atoms with van der Waals surface area (Å²) in [6.45, 7) is 0.473. The van der Waals surface area contributed by atoms with E-state index in [-0.39, 0.29) is 10.7 Å². The van der Waals surface area contributed by atoms with Crippen LogP contribution in [0.2, 0.25) is 5.02 Å². The molecular formula is C18H15ClFN3O2S. The Balaban J connectivity index is 1.64. The third kappa shape index (κ3) is 4.71. The number of aromatic nitrogens is 1. The summed E-state index contributed by atoms with van der Waals surface area (Å²) in [5.41, 5.74) is 1.23. The molecule has 5 nitrogen and oxygen atoms in total. The molecule has 2 aromatic carbocycles. The second-order valence-corrected chi connectivity index (χ2v) is 7.59. The van der Waals surface area contributed by atoms with Gasteiger partial charge < -0.3 is 5.32 Å². The molecule has 0 amide bonds. The summed E-state index contributed by atoms with van der Waals surface area (Å²) < 4.78 is 40.0. The van der Waals surface area contributed by atoms with Gasteiger partial charge in [0.1, 0.15) is 11.6 Å². The number of benzene rings is 2. The predicted molar refractivity (Wildman–Crippen MR) is 100 cm³/mol. The monoisotopic (exact) mass is 391 g/mol. The molecule has 26 heavy (non-hydrogen) atoms. The molecule has 0 unspecified atom stereocenters. The van der Waals surface area contributed by atoms with Crippen LogP contribution in [0.15, 0.2) is 71.8 Å². The number of anilines is 2. The summed E-state index contributed by atoms with van der Waals surface area (Å²) in [4.78, 5) is 4.24. The maximum Gasteiger partial charge on any atom is 0.261 e. The van der Waals surface area contributed by atoms with Gasteiger partial charge >= 0.3 is 0 Å². The van der Waals surface area contributed by atoms with Gasteiger partial charge in [0, 0.05) is 11.6 Å². The molecule has 0 aliphatic rings. The summed E-state index contributed by atoms with van der Waals surface area (Å²) >= 11 is 5.83. The Hall–Kier alpha value is -2.64. The predicted octanol–water partition coefficient (Wildman–Crippen LogP) is 4.29. The second kappa shape index (κ2) is 7.72. The molecule has 0 spiro atoms. The van der Waals surface area contributed by atoms with Gasteiger partial charge in [-0.15, -0.1) is 0 Å². The third-order valence-electron chi connectivity index (χ3n) is 3.51. The lowest BCUT2D eigenvalue weighted by Crippen LogP contribution is -2.13. The fourth-order valence-electron chi connectivity index (χ4n) is 2.20. The molecule has 3 rings (SSSR count). The van der Waals surface area contributed by atoms with Crippen molar-refractivity contribution < 1.29 is 12.8 Å². The lowest BCUT2D eigenvalue weighted by Gasteiger charge is -2.10. The molecule has 0 radical (unpaired) electrons. The number of hydrogen-bond donors (Lipinski definition) is 2. The summed E-state index contributed by atoms with van der Waals surface area (Å²) in [5.74, 6) is 0.281. The van der Waals surface area contributed by atoms with Gasteiger partial charge in [-0.25, -0.2) is 17.8 Å². The number of halogens is 2. The maximum atomic E-state index is 12.9. The fraction of sp³-hybridized carbons (Fsp3) is 0.0556. The van der Waals surface area contributed by atoms with Crippen molar-refractivity contribution in [2.75, 3.05) is 10.0 Å². The molecule has 1 heterocycles. The Morgan fingerprint density at radius 1 is 1.04 bits per heavy atom. The molecule has 0 fully saturated rings. The molecule has 0 aliphatic carbocycles. The van der Waals surface area contributed by atoms with Crippen molar-refractivity contribution >= 4 is 33.1 Å². The highest BCUT2D eigenvalue weighted by molar-refractivity contribution is 7.92. The van der Waals surface area contributed by atoms with Gasteiger partial charge in [-0.1, -0.05) is 29.8 Å². The molecule has 0 aliphatic heterocycles. The van der Waals surface area contributed by atoms with Crippen LogP contribution in [-0.4, -0.2) is 13.4 Å². The van der Waals surface area contributed by atoms with Crippen LogP contribution >= 0.6 is 11.6 Å². The van der Waals surface area contributed by atoms with Crippen molar-refractivity contribution in [2.24, 2.45) is 0 Å². The lowest BCUT2D eigenvalue weighted by molar-refractivity contribution is 0.601. The molecule has 134 valence electrons. The minimum absolute atomic E-state index is 0.0727. The Morgan fingerprint density at radius 2 is 1.81 bits per heavy atom. The van der Waals surface area contributed by atoms with Crippen LogP contribution in [-0.2, 0) is 16.6 Å². The van der Waals surface area contributed by atoms with E-state index in [4.69, 9.17) is 11.6 Å². The van der Waals surface area contributed by atoms with E-state index in [1.165, 1.54) is 30.5 Å². The zero-order valence-corrected chi connectivity index (χ0v) is 15.1. The van der Waals surface area contributed by atoms with Crippen molar-refractivity contribution in [3.63, 3.8) is 0 Å². The Kier molecular flexibility index (Phi) is 5.39. The van der Waals surface area contributed by atoms with Crippen LogP contribution in [0.25, 0.3) is 0 Å². The SMILES string of the molecule is O=S(=O)(Nc1ccc(NCc2ccc(F)cc2)nc1)c1cccc(Cl)c1. The van der Waals surface area contributed by atoms with E-state index < -0.39 is 10.0 Å². The smallest absolute Gasteiger partial charge is 0.261 e. The van der Waals surface area contributed by atoms with E-state index in [2.05, 4.69) is 15.0 Å². The van der Waals surface area contributed by atoms with Crippen LogP contribution in [0.4, 0.5) is 15.9 Å². The van der Waals surface area contributed by atoms with Crippen LogP contribution < -0.4 is 10.0 Å². The quantitative estimate of drug-likeness (QED) is 0.657. The average molecular weight is 392 g/mol. The molecule has 8 heteroatoms. The molecular weight excluding hydrogens is 377 g/mol. The van der Waals surface area contributed by atoms with Gasteiger partial charge in [0.25, 0.3) is 10.0 Å². The van der Waals surface area contributed by atoms with Crippen LogP contribution in [0.5, 0.6) is 0 Å². The Bertz CT molecular complexity index is 994. The first-order valence-electron chi connectivity index (χ1n) is 7.65. The standard InChI is InChI=1S/C18H15ClFN3O2S/c19-14-2-1-3-17(10-14)26(24,25)23-16-8-9-18(22-12-16)21-11-13-4-6-15(20)7-5-13/h1-10,12,23H,11H2,(H,21,22). The van der Waals surface area contributed by atoms with E-state index in [0.29, 0.717) is 23.1 Å². The number of nitrogens with zero attached hydrogens (tertiary/aromatic N) is 1. The van der Waals surface area contributed by atoms with Gasteiger partial charge in [-0.2, -0.15) is 0 Å². The average Bonchev–Trinajstić information content (AvgIpc) is 2.62. The zero-order chi connectivity index (χ0) is 18.6. The first-order valence-corrected chi connectivity index (χ1v) is 9.51. The van der Waals surface area contributed by atoms with Gasteiger partial charge in [0.2, 0.25) is 0 Å². The topological polar surface area (TPSA) is 71.1 Å². The van der Waals surface area contributed by atoms with Crippen molar-refractivity contribution in [1.82, 2.24) is 4.98 Å². The first kappa shape index (κ1) is 18.2. The summed E-state index contributed by atoms with van der Waals surface area (Å²) in [6, 6.07) is 15.4. The van der Waals surface area contributed by atoms with Crippen LogP contribution in [0, 0.1) is 5.82 Å². The number of pyridine rings is 1. The number of rotatable bonds is 6. The molecule has 0 atom stereocenters. The highest BCUT2D eigenvalue weighted by Crippen LogP contribution is 2.19. The van der Waals surface area contributed by atoms with Crippen molar-refractivity contribution in [2.45, 2.75) is 11.4 Å². The van der Waals surface area contributed by atoms with E-state index in [1.54, 1.807) is 36.4 Å². The number of sulfonamides is 1. The fourth-order valence-corrected chi connectivity index (χ4v) is 3.55. The normalized spacial score (nSPS) is 11.2. The van der Waals surface area contributed by atoms with Gasteiger partial charge in [0.05, 0.1) is 16.8 Å². The van der Waals surface area contributed by atoms with Crippen LogP contribution in [0.1, 0.15) is 5.56 Å².